The maximum Gasteiger partial charge on any atom is 0.407 e. The quantitative estimate of drug-likeness (QED) is 0.173. The van der Waals surface area contributed by atoms with Crippen molar-refractivity contribution in [3.63, 3.8) is 0 Å². The van der Waals surface area contributed by atoms with Crippen molar-refractivity contribution in [3.8, 4) is 0 Å². The van der Waals surface area contributed by atoms with E-state index >= 15 is 0 Å². The fourth-order valence-corrected chi connectivity index (χ4v) is 4.20. The number of carbonyl (C=O) groups is 4. The molecule has 0 bridgehead atoms. The number of aromatic nitrogens is 1. The van der Waals surface area contributed by atoms with Crippen molar-refractivity contribution in [2.24, 2.45) is 0 Å². The lowest BCUT2D eigenvalue weighted by molar-refractivity contribution is -0.123. The van der Waals surface area contributed by atoms with Crippen molar-refractivity contribution >= 4 is 34.8 Å². The molecule has 0 saturated heterocycles. The van der Waals surface area contributed by atoms with Gasteiger partial charge >= 0.3 is 12.1 Å². The Balaban J connectivity index is 1.36. The number of ether oxygens (including phenoxy) is 2. The van der Waals surface area contributed by atoms with Gasteiger partial charge in [0.25, 0.3) is 5.91 Å². The number of fused-ring (bicyclic) bond motifs is 1. The highest BCUT2D eigenvalue weighted by Crippen LogP contribution is 2.13. The van der Waals surface area contributed by atoms with E-state index in [2.05, 4.69) is 20.9 Å². The summed E-state index contributed by atoms with van der Waals surface area (Å²) >= 11 is 0. The van der Waals surface area contributed by atoms with Crippen molar-refractivity contribution in [2.45, 2.75) is 32.0 Å². The van der Waals surface area contributed by atoms with Crippen LogP contribution in [0.2, 0.25) is 0 Å². The van der Waals surface area contributed by atoms with Crippen molar-refractivity contribution in [3.05, 3.63) is 113 Å². The van der Waals surface area contributed by atoms with E-state index in [0.29, 0.717) is 23.1 Å². The molecule has 3 amide bonds. The largest absolute Gasteiger partial charge is 0.465 e. The fraction of sp³-hybridized carbons (Fsp3) is 0.219. The molecule has 10 heteroatoms. The van der Waals surface area contributed by atoms with Gasteiger partial charge < -0.3 is 25.4 Å². The molecule has 4 rings (SSSR count). The van der Waals surface area contributed by atoms with Crippen LogP contribution in [0, 0.1) is 0 Å². The zero-order valence-corrected chi connectivity index (χ0v) is 23.2. The van der Waals surface area contributed by atoms with Crippen LogP contribution in [0.3, 0.4) is 0 Å². The summed E-state index contributed by atoms with van der Waals surface area (Å²) in [6.07, 6.45) is 0.0587. The highest BCUT2D eigenvalue weighted by atomic mass is 16.5. The predicted molar refractivity (Wildman–Crippen MR) is 156 cm³/mol. The Bertz CT molecular complexity index is 1540. The van der Waals surface area contributed by atoms with Gasteiger partial charge in [0.15, 0.2) is 0 Å². The van der Waals surface area contributed by atoms with E-state index in [1.54, 1.807) is 42.5 Å². The van der Waals surface area contributed by atoms with Crippen molar-refractivity contribution in [1.29, 1.82) is 0 Å². The van der Waals surface area contributed by atoms with Crippen LogP contribution < -0.4 is 16.0 Å². The minimum absolute atomic E-state index is 0.133. The van der Waals surface area contributed by atoms with Gasteiger partial charge in [-0.25, -0.2) is 14.6 Å². The van der Waals surface area contributed by atoms with Crippen LogP contribution >= 0.6 is 0 Å². The summed E-state index contributed by atoms with van der Waals surface area (Å²) in [6.45, 7) is 0.515. The average Bonchev–Trinajstić information content (AvgIpc) is 3.03. The molecule has 0 aliphatic heterocycles. The lowest BCUT2D eigenvalue weighted by Gasteiger charge is -2.19. The zero-order chi connectivity index (χ0) is 29.7. The molecule has 3 aromatic carbocycles. The summed E-state index contributed by atoms with van der Waals surface area (Å²) in [7, 11) is 1.30. The van der Waals surface area contributed by atoms with Gasteiger partial charge in [0.1, 0.15) is 18.3 Å². The number of methoxy groups -OCH3 is 1. The SMILES string of the molecule is COC(=O)c1cccc(CNC(=O)[C@H](CCCNC(=O)OCc2ccccc2)NC(=O)c2ccc3ccccc3n2)c1. The van der Waals surface area contributed by atoms with Gasteiger partial charge in [0.05, 0.1) is 18.2 Å². The second-order valence-electron chi connectivity index (χ2n) is 9.46. The molecular formula is C32H32N4O6. The number of hydrogen-bond donors (Lipinski definition) is 3. The number of benzene rings is 3. The molecule has 1 atom stereocenters. The minimum atomic E-state index is -0.906. The van der Waals surface area contributed by atoms with Crippen LogP contribution in [-0.4, -0.2) is 48.6 Å². The van der Waals surface area contributed by atoms with Gasteiger partial charge in [0.2, 0.25) is 5.91 Å². The molecule has 0 spiro atoms. The summed E-state index contributed by atoms with van der Waals surface area (Å²) in [6, 6.07) is 25.9. The lowest BCUT2D eigenvalue weighted by atomic mass is 10.1. The van der Waals surface area contributed by atoms with Crippen LogP contribution in [0.4, 0.5) is 4.79 Å². The van der Waals surface area contributed by atoms with Gasteiger partial charge in [-0.15, -0.1) is 0 Å². The first-order chi connectivity index (χ1) is 20.4. The second-order valence-corrected chi connectivity index (χ2v) is 9.46. The van der Waals surface area contributed by atoms with Crippen LogP contribution in [0.1, 0.15) is 44.8 Å². The smallest absolute Gasteiger partial charge is 0.407 e. The van der Waals surface area contributed by atoms with Gasteiger partial charge in [-0.1, -0.05) is 66.7 Å². The Kier molecular flexibility index (Phi) is 10.6. The number of alkyl carbamates (subject to hydrolysis) is 1. The van der Waals surface area contributed by atoms with Crippen LogP contribution in [-0.2, 0) is 27.4 Å². The summed E-state index contributed by atoms with van der Waals surface area (Å²) < 4.78 is 9.98. The first kappa shape index (κ1) is 29.7. The van der Waals surface area contributed by atoms with E-state index < -0.39 is 29.9 Å². The molecule has 10 nitrogen and oxygen atoms in total. The maximum absolute atomic E-state index is 13.2. The topological polar surface area (TPSA) is 136 Å². The second kappa shape index (κ2) is 14.9. The summed E-state index contributed by atoms with van der Waals surface area (Å²) in [5.74, 6) is -1.39. The molecule has 0 radical (unpaired) electrons. The molecule has 1 heterocycles. The maximum atomic E-state index is 13.2. The normalized spacial score (nSPS) is 11.3. The molecule has 0 aliphatic rings. The number of carbonyl (C=O) groups excluding carboxylic acids is 4. The highest BCUT2D eigenvalue weighted by molar-refractivity contribution is 5.97. The number of rotatable bonds is 12. The Hall–Kier alpha value is -5.25. The standard InChI is InChI=1S/C32H32N4O6/c1-41-31(39)25-13-7-11-23(19-25)20-34-29(37)27(15-8-18-33-32(40)42-21-22-9-3-2-4-10-22)36-30(38)28-17-16-24-12-5-6-14-26(24)35-28/h2-7,9-14,16-17,19,27H,8,15,18,20-21H2,1H3,(H,33,40)(H,34,37)(H,36,38)/t27-/m0/s1. The number of pyridine rings is 1. The molecule has 3 N–H and O–H groups in total. The van der Waals surface area contributed by atoms with Gasteiger partial charge in [0, 0.05) is 18.5 Å². The number of amides is 3. The van der Waals surface area contributed by atoms with Crippen molar-refractivity contribution in [2.75, 3.05) is 13.7 Å². The monoisotopic (exact) mass is 568 g/mol. The van der Waals surface area contributed by atoms with E-state index in [9.17, 15) is 19.2 Å². The molecule has 0 aliphatic carbocycles. The summed E-state index contributed by atoms with van der Waals surface area (Å²) in [4.78, 5) is 54.7. The first-order valence-electron chi connectivity index (χ1n) is 13.5. The Morgan fingerprint density at radius 2 is 1.60 bits per heavy atom. The molecule has 0 fully saturated rings. The summed E-state index contributed by atoms with van der Waals surface area (Å²) in [5.41, 5.74) is 2.76. The number of esters is 1. The molecule has 4 aromatic rings. The number of nitrogens with zero attached hydrogens (tertiary/aromatic N) is 1. The Morgan fingerprint density at radius 1 is 0.833 bits per heavy atom. The zero-order valence-electron chi connectivity index (χ0n) is 23.2. The van der Waals surface area contributed by atoms with Crippen molar-refractivity contribution in [1.82, 2.24) is 20.9 Å². The number of hydrogen-bond acceptors (Lipinski definition) is 7. The molecule has 42 heavy (non-hydrogen) atoms. The van der Waals surface area contributed by atoms with Crippen molar-refractivity contribution < 1.29 is 28.7 Å². The molecule has 0 unspecified atom stereocenters. The van der Waals surface area contributed by atoms with Crippen LogP contribution in [0.25, 0.3) is 10.9 Å². The van der Waals surface area contributed by atoms with E-state index in [0.717, 1.165) is 10.9 Å². The Morgan fingerprint density at radius 3 is 2.40 bits per heavy atom. The third-order valence-corrected chi connectivity index (χ3v) is 6.42. The predicted octanol–water partition coefficient (Wildman–Crippen LogP) is 4.14. The molecule has 0 saturated carbocycles. The Labute approximate surface area is 243 Å². The van der Waals surface area contributed by atoms with E-state index in [1.807, 2.05) is 48.5 Å². The highest BCUT2D eigenvalue weighted by Gasteiger charge is 2.22. The third kappa shape index (κ3) is 8.62. The third-order valence-electron chi connectivity index (χ3n) is 6.42. The van der Waals surface area contributed by atoms with E-state index in [-0.39, 0.29) is 31.8 Å². The fourth-order valence-electron chi connectivity index (χ4n) is 4.20. The van der Waals surface area contributed by atoms with Gasteiger partial charge in [-0.3, -0.25) is 9.59 Å². The summed E-state index contributed by atoms with van der Waals surface area (Å²) in [5, 5.41) is 9.16. The average molecular weight is 569 g/mol. The number of para-hydroxylation sites is 1. The minimum Gasteiger partial charge on any atom is -0.465 e. The van der Waals surface area contributed by atoms with E-state index in [1.165, 1.54) is 7.11 Å². The van der Waals surface area contributed by atoms with Crippen LogP contribution in [0.5, 0.6) is 0 Å². The van der Waals surface area contributed by atoms with E-state index in [4.69, 9.17) is 9.47 Å². The molecule has 216 valence electrons. The molecular weight excluding hydrogens is 536 g/mol. The van der Waals surface area contributed by atoms with Gasteiger partial charge in [-0.2, -0.15) is 0 Å². The lowest BCUT2D eigenvalue weighted by Crippen LogP contribution is -2.47. The number of nitrogens with one attached hydrogen (secondary N) is 3. The van der Waals surface area contributed by atoms with Gasteiger partial charge in [-0.05, 0) is 48.2 Å². The molecule has 1 aromatic heterocycles. The first-order valence-corrected chi connectivity index (χ1v) is 13.5. The van der Waals surface area contributed by atoms with Crippen LogP contribution in [0.15, 0.2) is 91.0 Å².